The zero-order chi connectivity index (χ0) is 13.2. The number of ether oxygens (including phenoxy) is 1. The Balaban J connectivity index is 1.94. The van der Waals surface area contributed by atoms with Gasteiger partial charge in [-0.05, 0) is 12.1 Å². The summed E-state index contributed by atoms with van der Waals surface area (Å²) < 4.78 is 5.22. The van der Waals surface area contributed by atoms with Crippen LogP contribution in [-0.4, -0.2) is 20.9 Å². The quantitative estimate of drug-likeness (QED) is 0.729. The largest absolute Gasteiger partial charge is 0.421 e. The van der Waals surface area contributed by atoms with Crippen molar-refractivity contribution in [1.29, 1.82) is 0 Å². The van der Waals surface area contributed by atoms with Crippen LogP contribution in [0.4, 0.5) is 0 Å². The molecule has 94 valence electrons. The average molecular weight is 274 g/mol. The molecule has 0 aliphatic heterocycles. The van der Waals surface area contributed by atoms with E-state index in [4.69, 9.17) is 16.3 Å². The highest BCUT2D eigenvalue weighted by atomic mass is 35.5. The molecule has 0 bridgehead atoms. The zero-order valence-electron chi connectivity index (χ0n) is 9.63. The minimum atomic E-state index is -0.498. The van der Waals surface area contributed by atoms with Crippen LogP contribution < -0.4 is 4.74 Å². The standard InChI is InChI=1S/C13H8ClN3O2/c14-8-4-9(6-15-5-8)19-13(18)10-2-1-3-11-12(10)17-7-16-11/h1-7H,(H,16,17). The lowest BCUT2D eigenvalue weighted by molar-refractivity contribution is 0.0736. The Morgan fingerprint density at radius 2 is 2.21 bits per heavy atom. The third-order valence-corrected chi connectivity index (χ3v) is 2.77. The number of rotatable bonds is 2. The molecule has 0 amide bonds. The van der Waals surface area contributed by atoms with Gasteiger partial charge < -0.3 is 9.72 Å². The lowest BCUT2D eigenvalue weighted by atomic mass is 10.2. The van der Waals surface area contributed by atoms with E-state index in [2.05, 4.69) is 15.0 Å². The van der Waals surface area contributed by atoms with Gasteiger partial charge in [0.25, 0.3) is 0 Å². The van der Waals surface area contributed by atoms with Crippen LogP contribution in [0.5, 0.6) is 5.75 Å². The van der Waals surface area contributed by atoms with E-state index in [0.717, 1.165) is 5.52 Å². The van der Waals surface area contributed by atoms with Gasteiger partial charge in [0.1, 0.15) is 5.52 Å². The van der Waals surface area contributed by atoms with Gasteiger partial charge in [-0.2, -0.15) is 0 Å². The summed E-state index contributed by atoms with van der Waals surface area (Å²) in [5.41, 5.74) is 1.74. The van der Waals surface area contributed by atoms with Crippen molar-refractivity contribution in [2.24, 2.45) is 0 Å². The Morgan fingerprint density at radius 1 is 1.32 bits per heavy atom. The van der Waals surface area contributed by atoms with Crippen molar-refractivity contribution in [3.8, 4) is 5.75 Å². The summed E-state index contributed by atoms with van der Waals surface area (Å²) in [4.78, 5) is 23.0. The highest BCUT2D eigenvalue weighted by Gasteiger charge is 2.14. The van der Waals surface area contributed by atoms with Gasteiger partial charge >= 0.3 is 5.97 Å². The van der Waals surface area contributed by atoms with Gasteiger partial charge in [-0.25, -0.2) is 9.78 Å². The first kappa shape index (κ1) is 11.7. The van der Waals surface area contributed by atoms with Gasteiger partial charge in [0.15, 0.2) is 5.75 Å². The van der Waals surface area contributed by atoms with E-state index >= 15 is 0 Å². The number of aromatic amines is 1. The van der Waals surface area contributed by atoms with Crippen LogP contribution in [0, 0.1) is 0 Å². The number of fused-ring (bicyclic) bond motifs is 1. The molecule has 0 spiro atoms. The number of aromatic nitrogens is 3. The smallest absolute Gasteiger partial charge is 0.345 e. The van der Waals surface area contributed by atoms with Crippen molar-refractivity contribution in [2.75, 3.05) is 0 Å². The fourth-order valence-electron chi connectivity index (χ4n) is 1.74. The molecule has 5 nitrogen and oxygen atoms in total. The number of benzene rings is 1. The molecule has 0 fully saturated rings. The highest BCUT2D eigenvalue weighted by molar-refractivity contribution is 6.30. The number of esters is 1. The lowest BCUT2D eigenvalue weighted by Gasteiger charge is -2.04. The Hall–Kier alpha value is -2.40. The summed E-state index contributed by atoms with van der Waals surface area (Å²) in [5, 5.41) is 0.406. The summed E-state index contributed by atoms with van der Waals surface area (Å²) in [6, 6.07) is 6.77. The van der Waals surface area contributed by atoms with Crippen LogP contribution in [0.1, 0.15) is 10.4 Å². The molecule has 6 heteroatoms. The Kier molecular flexibility index (Phi) is 2.89. The summed E-state index contributed by atoms with van der Waals surface area (Å²) in [7, 11) is 0. The number of H-pyrrole nitrogens is 1. The van der Waals surface area contributed by atoms with E-state index in [1.807, 2.05) is 6.07 Å². The molecular weight excluding hydrogens is 266 g/mol. The number of hydrogen-bond acceptors (Lipinski definition) is 4. The van der Waals surface area contributed by atoms with Gasteiger partial charge in [-0.3, -0.25) is 4.98 Å². The van der Waals surface area contributed by atoms with E-state index in [9.17, 15) is 4.79 Å². The van der Waals surface area contributed by atoms with Crippen molar-refractivity contribution in [1.82, 2.24) is 15.0 Å². The highest BCUT2D eigenvalue weighted by Crippen LogP contribution is 2.19. The van der Waals surface area contributed by atoms with E-state index in [-0.39, 0.29) is 0 Å². The molecule has 0 unspecified atom stereocenters. The van der Waals surface area contributed by atoms with Gasteiger partial charge in [0.2, 0.25) is 0 Å². The number of halogens is 1. The first-order chi connectivity index (χ1) is 9.24. The molecule has 3 rings (SSSR count). The van der Waals surface area contributed by atoms with Crippen molar-refractivity contribution in [3.05, 3.63) is 53.6 Å². The molecule has 1 aromatic carbocycles. The monoisotopic (exact) mass is 273 g/mol. The van der Waals surface area contributed by atoms with Crippen LogP contribution in [0.3, 0.4) is 0 Å². The summed E-state index contributed by atoms with van der Waals surface area (Å²) in [5.74, 6) is -0.202. The van der Waals surface area contributed by atoms with Crippen LogP contribution in [0.15, 0.2) is 43.0 Å². The molecule has 0 saturated carbocycles. The Labute approximate surface area is 113 Å². The number of nitrogens with one attached hydrogen (secondary N) is 1. The minimum Gasteiger partial charge on any atom is -0.421 e. The van der Waals surface area contributed by atoms with Crippen LogP contribution in [0.2, 0.25) is 5.02 Å². The van der Waals surface area contributed by atoms with Gasteiger partial charge in [-0.15, -0.1) is 0 Å². The third kappa shape index (κ3) is 2.28. The average Bonchev–Trinajstić information content (AvgIpc) is 2.86. The molecule has 0 saturated heterocycles. The molecule has 2 heterocycles. The number of imidazole rings is 1. The normalized spacial score (nSPS) is 10.6. The number of hydrogen-bond donors (Lipinski definition) is 1. The van der Waals surface area contributed by atoms with Crippen molar-refractivity contribution in [3.63, 3.8) is 0 Å². The molecule has 19 heavy (non-hydrogen) atoms. The second-order valence-corrected chi connectivity index (χ2v) is 4.27. The Morgan fingerprint density at radius 3 is 3.05 bits per heavy atom. The maximum atomic E-state index is 12.1. The second kappa shape index (κ2) is 4.70. The maximum absolute atomic E-state index is 12.1. The van der Waals surface area contributed by atoms with E-state index in [1.54, 1.807) is 12.1 Å². The first-order valence-corrected chi connectivity index (χ1v) is 5.86. The fourth-order valence-corrected chi connectivity index (χ4v) is 1.90. The number of nitrogens with zero attached hydrogens (tertiary/aromatic N) is 2. The number of pyridine rings is 1. The third-order valence-electron chi connectivity index (χ3n) is 2.56. The molecular formula is C13H8ClN3O2. The predicted octanol–water partition coefficient (Wildman–Crippen LogP) is 2.83. The number of carbonyl (C=O) groups is 1. The topological polar surface area (TPSA) is 67.9 Å². The van der Waals surface area contributed by atoms with Crippen molar-refractivity contribution in [2.45, 2.75) is 0 Å². The molecule has 1 N–H and O–H groups in total. The lowest BCUT2D eigenvalue weighted by Crippen LogP contribution is -2.09. The van der Waals surface area contributed by atoms with Crippen LogP contribution in [-0.2, 0) is 0 Å². The van der Waals surface area contributed by atoms with E-state index < -0.39 is 5.97 Å². The molecule has 0 aliphatic carbocycles. The summed E-state index contributed by atoms with van der Waals surface area (Å²) >= 11 is 5.78. The van der Waals surface area contributed by atoms with Crippen LogP contribution >= 0.6 is 11.6 Å². The zero-order valence-corrected chi connectivity index (χ0v) is 10.4. The Bertz CT molecular complexity index is 754. The van der Waals surface area contributed by atoms with Crippen LogP contribution in [0.25, 0.3) is 11.0 Å². The minimum absolute atomic E-state index is 0.296. The first-order valence-electron chi connectivity index (χ1n) is 5.49. The van der Waals surface area contributed by atoms with Gasteiger partial charge in [0, 0.05) is 12.3 Å². The van der Waals surface area contributed by atoms with Crippen molar-refractivity contribution < 1.29 is 9.53 Å². The molecule has 0 radical (unpaired) electrons. The fraction of sp³-hybridized carbons (Fsp3) is 0. The van der Waals surface area contributed by atoms with E-state index in [0.29, 0.717) is 21.9 Å². The van der Waals surface area contributed by atoms with Gasteiger partial charge in [0.05, 0.1) is 28.6 Å². The summed E-state index contributed by atoms with van der Waals surface area (Å²) in [6.45, 7) is 0. The predicted molar refractivity (Wildman–Crippen MR) is 70.3 cm³/mol. The number of carbonyl (C=O) groups excluding carboxylic acids is 1. The molecule has 0 aliphatic rings. The molecule has 2 aromatic heterocycles. The molecule has 3 aromatic rings. The molecule has 0 atom stereocenters. The number of para-hydroxylation sites is 1. The summed E-state index contributed by atoms with van der Waals surface area (Å²) in [6.07, 6.45) is 4.42. The van der Waals surface area contributed by atoms with Gasteiger partial charge in [-0.1, -0.05) is 17.7 Å². The maximum Gasteiger partial charge on any atom is 0.345 e. The van der Waals surface area contributed by atoms with E-state index in [1.165, 1.54) is 24.8 Å². The SMILES string of the molecule is O=C(Oc1cncc(Cl)c1)c1cccc2[nH]cnc12. The second-order valence-electron chi connectivity index (χ2n) is 3.83. The van der Waals surface area contributed by atoms with Crippen molar-refractivity contribution >= 4 is 28.6 Å².